The third kappa shape index (κ3) is 4.57. The number of hydrogen-bond acceptors (Lipinski definition) is 7. The molecule has 0 saturated heterocycles. The van der Waals surface area contributed by atoms with Crippen LogP contribution in [0, 0.1) is 0 Å². The van der Waals surface area contributed by atoms with Gasteiger partial charge in [0.05, 0.1) is 21.8 Å². The molecular formula is C24H26ClN7O2S. The Labute approximate surface area is 209 Å². The summed E-state index contributed by atoms with van der Waals surface area (Å²) in [5.74, 6) is 0.801. The van der Waals surface area contributed by atoms with Gasteiger partial charge in [-0.2, -0.15) is 9.97 Å². The number of sulfonamides is 1. The van der Waals surface area contributed by atoms with Crippen LogP contribution in [0.25, 0.3) is 11.0 Å². The molecule has 0 atom stereocenters. The van der Waals surface area contributed by atoms with E-state index in [1.165, 1.54) is 29.5 Å². The van der Waals surface area contributed by atoms with Crippen LogP contribution >= 0.6 is 11.6 Å². The Bertz CT molecular complexity index is 1520. The molecule has 1 aliphatic heterocycles. The van der Waals surface area contributed by atoms with Crippen LogP contribution in [0.5, 0.6) is 0 Å². The number of likely N-dealkylation sites (N-methyl/N-ethyl adjacent to an activating group) is 1. The highest BCUT2D eigenvalue weighted by Crippen LogP contribution is 2.33. The van der Waals surface area contributed by atoms with Gasteiger partial charge in [-0.05, 0) is 54.9 Å². The van der Waals surface area contributed by atoms with E-state index in [1.807, 2.05) is 18.2 Å². The van der Waals surface area contributed by atoms with Crippen molar-refractivity contribution in [3.63, 3.8) is 0 Å². The molecule has 0 saturated carbocycles. The summed E-state index contributed by atoms with van der Waals surface area (Å²) >= 11 is 6.59. The predicted molar refractivity (Wildman–Crippen MR) is 139 cm³/mol. The van der Waals surface area contributed by atoms with Gasteiger partial charge in [-0.3, -0.25) is 0 Å². The number of para-hydroxylation sites is 1. The summed E-state index contributed by atoms with van der Waals surface area (Å²) < 4.78 is 26.9. The Hall–Kier alpha value is -3.18. The number of nitrogens with one attached hydrogen (secondary N) is 3. The van der Waals surface area contributed by atoms with Gasteiger partial charge in [-0.15, -0.1) is 0 Å². The standard InChI is InChI=1S/C24H26ClN7O2S/c1-31(2)35(33,34)21-7-5-4-6-19(21)27-23-17-8-10-26-22(17)29-24(30-23)28-20-13-16-14-32(3)11-9-15(16)12-18(20)25/h4-8,10,12-13H,9,11,14H2,1-3H3,(H3,26,27,28,29,30). The van der Waals surface area contributed by atoms with E-state index in [1.54, 1.807) is 30.5 Å². The van der Waals surface area contributed by atoms with Crippen molar-refractivity contribution in [1.82, 2.24) is 24.2 Å². The molecule has 2 aromatic carbocycles. The quantitative estimate of drug-likeness (QED) is 0.353. The molecule has 2 aromatic heterocycles. The number of fused-ring (bicyclic) bond motifs is 2. The molecule has 0 aliphatic carbocycles. The first-order valence-corrected chi connectivity index (χ1v) is 12.9. The molecule has 0 amide bonds. The van der Waals surface area contributed by atoms with Gasteiger partial charge in [0, 0.05) is 33.4 Å². The van der Waals surface area contributed by atoms with Gasteiger partial charge < -0.3 is 20.5 Å². The van der Waals surface area contributed by atoms with Crippen LogP contribution < -0.4 is 10.6 Å². The van der Waals surface area contributed by atoms with Crippen molar-refractivity contribution in [2.45, 2.75) is 17.9 Å². The van der Waals surface area contributed by atoms with E-state index in [9.17, 15) is 8.42 Å². The average molecular weight is 512 g/mol. The fourth-order valence-corrected chi connectivity index (χ4v) is 5.42. The van der Waals surface area contributed by atoms with E-state index in [0.717, 1.165) is 24.9 Å². The molecule has 9 nitrogen and oxygen atoms in total. The smallest absolute Gasteiger partial charge is 0.244 e. The van der Waals surface area contributed by atoms with Gasteiger partial charge in [0.15, 0.2) is 0 Å². The number of hydrogen-bond donors (Lipinski definition) is 3. The molecule has 1 aliphatic rings. The summed E-state index contributed by atoms with van der Waals surface area (Å²) in [6.07, 6.45) is 2.72. The van der Waals surface area contributed by atoms with Gasteiger partial charge in [0.2, 0.25) is 16.0 Å². The molecule has 5 rings (SSSR count). The van der Waals surface area contributed by atoms with Crippen LogP contribution in [0.1, 0.15) is 11.1 Å². The van der Waals surface area contributed by atoms with Crippen molar-refractivity contribution in [2.24, 2.45) is 0 Å². The lowest BCUT2D eigenvalue weighted by Crippen LogP contribution is -2.26. The van der Waals surface area contributed by atoms with Crippen molar-refractivity contribution in [2.75, 3.05) is 38.3 Å². The Balaban J connectivity index is 1.53. The van der Waals surface area contributed by atoms with Crippen LogP contribution in [-0.2, 0) is 23.0 Å². The molecule has 0 radical (unpaired) electrons. The maximum Gasteiger partial charge on any atom is 0.244 e. The summed E-state index contributed by atoms with van der Waals surface area (Å²) in [5, 5.41) is 7.78. The van der Waals surface area contributed by atoms with Crippen molar-refractivity contribution >= 4 is 55.8 Å². The lowest BCUT2D eigenvalue weighted by Gasteiger charge is -2.26. The fraction of sp³-hybridized carbons (Fsp3) is 0.250. The Morgan fingerprint density at radius 3 is 2.66 bits per heavy atom. The zero-order valence-corrected chi connectivity index (χ0v) is 21.2. The summed E-state index contributed by atoms with van der Waals surface area (Å²) in [7, 11) is 1.44. The van der Waals surface area contributed by atoms with Crippen molar-refractivity contribution < 1.29 is 8.42 Å². The minimum atomic E-state index is -3.66. The molecule has 11 heteroatoms. The van der Waals surface area contributed by atoms with E-state index >= 15 is 0 Å². The number of halogens is 1. The van der Waals surface area contributed by atoms with E-state index in [2.05, 4.69) is 37.5 Å². The molecule has 0 bridgehead atoms. The monoisotopic (exact) mass is 511 g/mol. The molecule has 35 heavy (non-hydrogen) atoms. The summed E-state index contributed by atoms with van der Waals surface area (Å²) in [5.41, 5.74) is 4.20. The molecule has 3 N–H and O–H groups in total. The second kappa shape index (κ2) is 9.12. The summed E-state index contributed by atoms with van der Waals surface area (Å²) in [6.45, 7) is 1.85. The van der Waals surface area contributed by atoms with E-state index in [4.69, 9.17) is 11.6 Å². The molecule has 0 spiro atoms. The van der Waals surface area contributed by atoms with Gasteiger partial charge in [-0.1, -0.05) is 23.7 Å². The van der Waals surface area contributed by atoms with Crippen LogP contribution in [0.4, 0.5) is 23.1 Å². The maximum absolute atomic E-state index is 12.9. The first kappa shape index (κ1) is 23.6. The lowest BCUT2D eigenvalue weighted by atomic mass is 9.99. The van der Waals surface area contributed by atoms with E-state index < -0.39 is 10.0 Å². The number of benzene rings is 2. The Kier molecular flexibility index (Phi) is 6.14. The molecule has 4 aromatic rings. The van der Waals surface area contributed by atoms with Gasteiger partial charge in [0.1, 0.15) is 16.4 Å². The Morgan fingerprint density at radius 2 is 1.86 bits per heavy atom. The highest BCUT2D eigenvalue weighted by atomic mass is 35.5. The normalized spacial score (nSPS) is 14.3. The van der Waals surface area contributed by atoms with Crippen molar-refractivity contribution in [3.8, 4) is 0 Å². The summed E-state index contributed by atoms with van der Waals surface area (Å²) in [4.78, 5) is 14.8. The van der Waals surface area contributed by atoms with Crippen LogP contribution in [0.2, 0.25) is 5.02 Å². The molecule has 3 heterocycles. The number of rotatable bonds is 6. The molecule has 0 fully saturated rings. The predicted octanol–water partition coefficient (Wildman–Crippen LogP) is 4.34. The van der Waals surface area contributed by atoms with E-state index in [0.29, 0.717) is 33.8 Å². The SMILES string of the molecule is CN1CCc2cc(Cl)c(Nc3nc(Nc4ccccc4S(=O)(=O)N(C)C)c4cc[nH]c4n3)cc2C1. The average Bonchev–Trinajstić information content (AvgIpc) is 3.29. The first-order valence-electron chi connectivity index (χ1n) is 11.1. The molecule has 182 valence electrons. The number of nitrogens with zero attached hydrogens (tertiary/aromatic N) is 4. The summed E-state index contributed by atoms with van der Waals surface area (Å²) in [6, 6.07) is 12.6. The second-order valence-corrected chi connectivity index (χ2v) is 11.3. The van der Waals surface area contributed by atoms with Crippen molar-refractivity contribution in [3.05, 3.63) is 64.8 Å². The van der Waals surface area contributed by atoms with E-state index in [-0.39, 0.29) is 4.90 Å². The number of aromatic amines is 1. The Morgan fingerprint density at radius 1 is 1.06 bits per heavy atom. The van der Waals surface area contributed by atoms with Crippen LogP contribution in [0.3, 0.4) is 0 Å². The van der Waals surface area contributed by atoms with Gasteiger partial charge in [-0.25, -0.2) is 12.7 Å². The zero-order valence-electron chi connectivity index (χ0n) is 19.6. The maximum atomic E-state index is 12.9. The number of H-pyrrole nitrogens is 1. The number of anilines is 4. The van der Waals surface area contributed by atoms with Crippen LogP contribution in [-0.4, -0.2) is 60.3 Å². The zero-order chi connectivity index (χ0) is 24.7. The van der Waals surface area contributed by atoms with Gasteiger partial charge in [0.25, 0.3) is 0 Å². The topological polar surface area (TPSA) is 106 Å². The highest BCUT2D eigenvalue weighted by molar-refractivity contribution is 7.89. The second-order valence-electron chi connectivity index (χ2n) is 8.76. The largest absolute Gasteiger partial charge is 0.346 e. The lowest BCUT2D eigenvalue weighted by molar-refractivity contribution is 0.313. The van der Waals surface area contributed by atoms with Gasteiger partial charge >= 0.3 is 0 Å². The third-order valence-corrected chi connectivity index (χ3v) is 8.24. The third-order valence-electron chi connectivity index (χ3n) is 6.05. The highest BCUT2D eigenvalue weighted by Gasteiger charge is 2.22. The first-order chi connectivity index (χ1) is 16.7. The van der Waals surface area contributed by atoms with Crippen LogP contribution in [0.15, 0.2) is 53.6 Å². The number of aromatic nitrogens is 3. The molecule has 0 unspecified atom stereocenters. The minimum absolute atomic E-state index is 0.156. The fourth-order valence-electron chi connectivity index (χ4n) is 4.15. The molecular weight excluding hydrogens is 486 g/mol. The minimum Gasteiger partial charge on any atom is -0.346 e. The van der Waals surface area contributed by atoms with Crippen molar-refractivity contribution in [1.29, 1.82) is 0 Å².